The van der Waals surface area contributed by atoms with Crippen molar-refractivity contribution in [3.63, 3.8) is 0 Å². The maximum atomic E-state index is 12.9. The maximum absolute atomic E-state index is 12.9. The zero-order valence-electron chi connectivity index (χ0n) is 14.5. The van der Waals surface area contributed by atoms with Gasteiger partial charge < -0.3 is 10.5 Å². The number of amides is 1. The van der Waals surface area contributed by atoms with Crippen molar-refractivity contribution in [2.24, 2.45) is 0 Å². The van der Waals surface area contributed by atoms with Gasteiger partial charge in [0.15, 0.2) is 11.5 Å². The SMILES string of the molecule is COC(=O)N(c1c(C#N)nn(-c2c(Cl)cc(C(F)(F)F)cc2Cl)c1N)S(C)(=O)=O. The molecule has 0 radical (unpaired) electrons. The zero-order chi connectivity index (χ0) is 22.3. The average Bonchev–Trinajstić information content (AvgIpc) is 2.89. The van der Waals surface area contributed by atoms with Crippen LogP contribution < -0.4 is 10.0 Å². The molecule has 0 bridgehead atoms. The number of ether oxygens (including phenoxy) is 1. The Kier molecular flexibility index (Phi) is 5.94. The van der Waals surface area contributed by atoms with Gasteiger partial charge in [0.2, 0.25) is 10.0 Å². The van der Waals surface area contributed by atoms with E-state index in [1.54, 1.807) is 6.07 Å². The molecule has 0 aliphatic carbocycles. The lowest BCUT2D eigenvalue weighted by Crippen LogP contribution is -2.36. The van der Waals surface area contributed by atoms with E-state index in [2.05, 4.69) is 9.84 Å². The molecule has 29 heavy (non-hydrogen) atoms. The number of alkyl halides is 3. The minimum Gasteiger partial charge on any atom is -0.452 e. The van der Waals surface area contributed by atoms with Crippen molar-refractivity contribution in [1.82, 2.24) is 9.78 Å². The highest BCUT2D eigenvalue weighted by Crippen LogP contribution is 2.40. The van der Waals surface area contributed by atoms with Crippen molar-refractivity contribution < 1.29 is 31.1 Å². The first-order chi connectivity index (χ1) is 13.2. The Labute approximate surface area is 172 Å². The van der Waals surface area contributed by atoms with Gasteiger partial charge in [-0.05, 0) is 12.1 Å². The van der Waals surface area contributed by atoms with Crippen molar-refractivity contribution >= 4 is 50.8 Å². The molecule has 0 saturated carbocycles. The van der Waals surface area contributed by atoms with Crippen molar-refractivity contribution in [2.45, 2.75) is 6.18 Å². The molecular weight excluding hydrogens is 462 g/mol. The topological polar surface area (TPSA) is 131 Å². The number of anilines is 2. The van der Waals surface area contributed by atoms with Gasteiger partial charge in [0.1, 0.15) is 17.4 Å². The molecule has 0 aliphatic heterocycles. The number of carbonyl (C=O) groups is 1. The molecule has 156 valence electrons. The summed E-state index contributed by atoms with van der Waals surface area (Å²) in [6, 6.07) is 2.63. The number of nitriles is 1. The average molecular weight is 472 g/mol. The maximum Gasteiger partial charge on any atom is 0.428 e. The van der Waals surface area contributed by atoms with Crippen molar-refractivity contribution in [3.8, 4) is 11.8 Å². The van der Waals surface area contributed by atoms with Gasteiger partial charge in [-0.15, -0.1) is 0 Å². The van der Waals surface area contributed by atoms with Crippen LogP contribution in [0.15, 0.2) is 12.1 Å². The second-order valence-electron chi connectivity index (χ2n) is 5.39. The molecule has 15 heteroatoms. The summed E-state index contributed by atoms with van der Waals surface area (Å²) in [7, 11) is -3.45. The van der Waals surface area contributed by atoms with Gasteiger partial charge in [-0.25, -0.2) is 17.9 Å². The summed E-state index contributed by atoms with van der Waals surface area (Å²) in [6.07, 6.45) is -5.51. The van der Waals surface area contributed by atoms with Crippen molar-refractivity contribution in [3.05, 3.63) is 33.4 Å². The molecule has 2 N–H and O–H groups in total. The van der Waals surface area contributed by atoms with Crippen LogP contribution in [0.1, 0.15) is 11.3 Å². The highest BCUT2D eigenvalue weighted by Gasteiger charge is 2.36. The van der Waals surface area contributed by atoms with Crippen molar-refractivity contribution in [1.29, 1.82) is 5.26 Å². The first-order valence-corrected chi connectivity index (χ1v) is 9.77. The fraction of sp³-hybridized carbons (Fsp3) is 0.214. The quantitative estimate of drug-likeness (QED) is 0.726. The number of rotatable bonds is 3. The van der Waals surface area contributed by atoms with Crippen LogP contribution in [0.25, 0.3) is 5.69 Å². The summed E-state index contributed by atoms with van der Waals surface area (Å²) in [4.78, 5) is 12.0. The molecule has 1 aromatic carbocycles. The standard InChI is InChI=1S/C14H10Cl2F3N5O4S/c1-28-13(25)24(29(2,26)27)11-9(5-20)22-23(12(11)21)10-7(15)3-6(4-8(10)16)14(17,18)19/h3-4H,21H2,1-2H3. The highest BCUT2D eigenvalue weighted by atomic mass is 35.5. The van der Waals surface area contributed by atoms with Crippen LogP contribution in [-0.4, -0.2) is 37.7 Å². The van der Waals surface area contributed by atoms with Gasteiger partial charge in [0, 0.05) is 0 Å². The Morgan fingerprint density at radius 1 is 1.34 bits per heavy atom. The molecule has 9 nitrogen and oxygen atoms in total. The Morgan fingerprint density at radius 2 is 1.86 bits per heavy atom. The number of aromatic nitrogens is 2. The molecule has 1 heterocycles. The molecule has 1 amide bonds. The van der Waals surface area contributed by atoms with Gasteiger partial charge in [0.05, 0.1) is 29.0 Å². The van der Waals surface area contributed by atoms with Crippen LogP contribution in [0.2, 0.25) is 10.0 Å². The fourth-order valence-electron chi connectivity index (χ4n) is 2.28. The first-order valence-electron chi connectivity index (χ1n) is 7.17. The van der Waals surface area contributed by atoms with Crippen LogP contribution in [0.5, 0.6) is 0 Å². The summed E-state index contributed by atoms with van der Waals surface area (Å²) < 4.78 is 67.9. The lowest BCUT2D eigenvalue weighted by atomic mass is 10.2. The number of hydrogen-bond acceptors (Lipinski definition) is 7. The van der Waals surface area contributed by atoms with E-state index in [9.17, 15) is 31.6 Å². The molecule has 1 aromatic heterocycles. The summed E-state index contributed by atoms with van der Waals surface area (Å²) in [6.45, 7) is 0. The highest BCUT2D eigenvalue weighted by molar-refractivity contribution is 7.92. The second-order valence-corrected chi connectivity index (χ2v) is 8.04. The fourth-order valence-corrected chi connectivity index (χ4v) is 3.78. The molecule has 2 rings (SSSR count). The van der Waals surface area contributed by atoms with Crippen LogP contribution in [-0.2, 0) is 20.9 Å². The van der Waals surface area contributed by atoms with Crippen LogP contribution in [0.4, 0.5) is 29.5 Å². The second kappa shape index (κ2) is 7.62. The van der Waals surface area contributed by atoms with Crippen LogP contribution >= 0.6 is 23.2 Å². The predicted molar refractivity (Wildman–Crippen MR) is 97.4 cm³/mol. The van der Waals surface area contributed by atoms with Crippen LogP contribution in [0, 0.1) is 11.3 Å². The monoisotopic (exact) mass is 471 g/mol. The summed E-state index contributed by atoms with van der Waals surface area (Å²) >= 11 is 11.8. The number of benzene rings is 1. The number of nitrogen functional groups attached to an aromatic ring is 1. The lowest BCUT2D eigenvalue weighted by molar-refractivity contribution is -0.137. The zero-order valence-corrected chi connectivity index (χ0v) is 16.8. The Balaban J connectivity index is 2.83. The van der Waals surface area contributed by atoms with Crippen LogP contribution in [0.3, 0.4) is 0 Å². The molecule has 0 saturated heterocycles. The number of nitrogens with two attached hydrogens (primary N) is 1. The summed E-state index contributed by atoms with van der Waals surface area (Å²) in [5, 5.41) is 11.9. The molecule has 0 atom stereocenters. The third-order valence-corrected chi connectivity index (χ3v) is 5.00. The molecule has 0 aliphatic rings. The molecule has 0 unspecified atom stereocenters. The number of nitrogens with zero attached hydrogens (tertiary/aromatic N) is 4. The summed E-state index contributed by atoms with van der Waals surface area (Å²) in [5.41, 5.74) is 3.02. The van der Waals surface area contributed by atoms with Gasteiger partial charge in [-0.1, -0.05) is 23.2 Å². The van der Waals surface area contributed by atoms with E-state index in [4.69, 9.17) is 28.9 Å². The van der Waals surface area contributed by atoms with E-state index in [-0.39, 0.29) is 9.99 Å². The van der Waals surface area contributed by atoms with E-state index in [0.717, 1.165) is 7.11 Å². The normalized spacial score (nSPS) is 11.8. The Morgan fingerprint density at radius 3 is 2.24 bits per heavy atom. The predicted octanol–water partition coefficient (Wildman–Crippen LogP) is 3.18. The summed E-state index contributed by atoms with van der Waals surface area (Å²) in [5.74, 6) is -0.610. The minimum atomic E-state index is -4.75. The van der Waals surface area contributed by atoms with E-state index >= 15 is 0 Å². The third-order valence-electron chi connectivity index (χ3n) is 3.43. The van der Waals surface area contributed by atoms with Gasteiger partial charge in [0.25, 0.3) is 0 Å². The van der Waals surface area contributed by atoms with E-state index < -0.39 is 55.1 Å². The smallest absolute Gasteiger partial charge is 0.428 e. The van der Waals surface area contributed by atoms with Gasteiger partial charge >= 0.3 is 12.3 Å². The minimum absolute atomic E-state index is 0.0796. The van der Waals surface area contributed by atoms with E-state index in [0.29, 0.717) is 23.1 Å². The number of carbonyl (C=O) groups excluding carboxylic acids is 1. The molecular formula is C14H10Cl2F3N5O4S. The number of methoxy groups -OCH3 is 1. The van der Waals surface area contributed by atoms with Crippen molar-refractivity contribution in [2.75, 3.05) is 23.4 Å². The molecule has 0 spiro atoms. The van der Waals surface area contributed by atoms with E-state index in [1.807, 2.05) is 0 Å². The number of halogens is 5. The lowest BCUT2D eigenvalue weighted by Gasteiger charge is -2.18. The number of hydrogen-bond donors (Lipinski definition) is 1. The molecule has 0 fully saturated rings. The largest absolute Gasteiger partial charge is 0.452 e. The third kappa shape index (κ3) is 4.19. The Hall–Kier alpha value is -2.69. The Bertz CT molecular complexity index is 1120. The number of sulfonamides is 1. The molecule has 2 aromatic rings. The van der Waals surface area contributed by atoms with Gasteiger partial charge in [-0.2, -0.15) is 27.8 Å². The van der Waals surface area contributed by atoms with E-state index in [1.165, 1.54) is 0 Å². The first kappa shape index (κ1) is 22.6. The van der Waals surface area contributed by atoms with Gasteiger partial charge in [-0.3, -0.25) is 0 Å².